The first-order chi connectivity index (χ1) is 9.11. The number of carbonyl (C=O) groups is 2. The van der Waals surface area contributed by atoms with Crippen molar-refractivity contribution in [1.82, 2.24) is 5.32 Å². The van der Waals surface area contributed by atoms with Crippen molar-refractivity contribution in [2.24, 2.45) is 0 Å². The molecule has 0 aliphatic rings. The Bertz CT molecular complexity index is 531. The number of alkyl halides is 3. The minimum absolute atomic E-state index is 0.311. The van der Waals surface area contributed by atoms with Crippen LogP contribution >= 0.6 is 0 Å². The van der Waals surface area contributed by atoms with Gasteiger partial charge in [-0.1, -0.05) is 0 Å². The minimum atomic E-state index is -4.90. The third-order valence-corrected chi connectivity index (χ3v) is 2.25. The number of halogens is 4. The first kappa shape index (κ1) is 15.7. The number of nitrogens with one attached hydrogen (secondary N) is 2. The van der Waals surface area contributed by atoms with Crippen LogP contribution in [0, 0.1) is 5.82 Å². The topological polar surface area (TPSA) is 78.4 Å². The van der Waals surface area contributed by atoms with Gasteiger partial charge in [-0.05, 0) is 25.1 Å². The molecule has 9 heteroatoms. The maximum absolute atomic E-state index is 13.0. The Balaban J connectivity index is 2.84. The van der Waals surface area contributed by atoms with E-state index in [0.29, 0.717) is 12.1 Å². The van der Waals surface area contributed by atoms with E-state index in [1.54, 1.807) is 0 Å². The summed E-state index contributed by atoms with van der Waals surface area (Å²) in [4.78, 5) is 21.8. The molecule has 0 heterocycles. The highest BCUT2D eigenvalue weighted by atomic mass is 19.4. The zero-order chi connectivity index (χ0) is 15.5. The molecule has 0 spiro atoms. The maximum atomic E-state index is 13.0. The van der Waals surface area contributed by atoms with E-state index in [1.165, 1.54) is 6.92 Å². The van der Waals surface area contributed by atoms with Crippen molar-refractivity contribution in [3.8, 4) is 0 Å². The molecule has 0 saturated carbocycles. The molecule has 0 saturated heterocycles. The molecule has 3 N–H and O–H groups in total. The number of benzene rings is 1. The van der Waals surface area contributed by atoms with Crippen LogP contribution in [-0.4, -0.2) is 23.1 Å². The molecule has 0 unspecified atom stereocenters. The number of carboxylic acids is 1. The fraction of sp³-hybridized carbons (Fsp3) is 0.273. The molecule has 0 aromatic heterocycles. The Labute approximate surface area is 110 Å². The Morgan fingerprint density at radius 2 is 1.90 bits per heavy atom. The normalized spacial score (nSPS) is 12.7. The van der Waals surface area contributed by atoms with Gasteiger partial charge in [0, 0.05) is 5.69 Å². The molecule has 0 bridgehead atoms. The van der Waals surface area contributed by atoms with Gasteiger partial charge >= 0.3 is 18.2 Å². The molecule has 1 aromatic rings. The number of aliphatic carboxylic acids is 1. The fourth-order valence-corrected chi connectivity index (χ4v) is 1.25. The number of carboxylic acid groups (broad SMARTS) is 1. The van der Waals surface area contributed by atoms with Gasteiger partial charge in [-0.3, -0.25) is 4.79 Å². The Kier molecular flexibility index (Phi) is 4.53. The van der Waals surface area contributed by atoms with Crippen molar-refractivity contribution in [3.63, 3.8) is 0 Å². The van der Waals surface area contributed by atoms with Gasteiger partial charge in [-0.2, -0.15) is 13.2 Å². The highest BCUT2D eigenvalue weighted by Crippen LogP contribution is 2.32. The molecule has 20 heavy (non-hydrogen) atoms. The lowest BCUT2D eigenvalue weighted by Gasteiger charge is -2.13. The van der Waals surface area contributed by atoms with Crippen LogP contribution < -0.4 is 10.6 Å². The summed E-state index contributed by atoms with van der Waals surface area (Å²) in [5, 5.41) is 12.5. The smallest absolute Gasteiger partial charge is 0.419 e. The highest BCUT2D eigenvalue weighted by molar-refractivity contribution is 5.92. The van der Waals surface area contributed by atoms with Crippen LogP contribution in [0.1, 0.15) is 12.5 Å². The first-order valence-electron chi connectivity index (χ1n) is 5.28. The molecule has 0 aliphatic carbocycles. The molecule has 1 rings (SSSR count). The number of rotatable bonds is 3. The predicted octanol–water partition coefficient (Wildman–Crippen LogP) is 2.44. The summed E-state index contributed by atoms with van der Waals surface area (Å²) in [5.74, 6) is -2.78. The van der Waals surface area contributed by atoms with E-state index >= 15 is 0 Å². The molecule has 1 atom stereocenters. The van der Waals surface area contributed by atoms with Crippen molar-refractivity contribution in [3.05, 3.63) is 29.6 Å². The van der Waals surface area contributed by atoms with Crippen LogP contribution in [0.25, 0.3) is 0 Å². The van der Waals surface area contributed by atoms with Crippen LogP contribution in [-0.2, 0) is 11.0 Å². The minimum Gasteiger partial charge on any atom is -0.480 e. The van der Waals surface area contributed by atoms with Gasteiger partial charge in [-0.15, -0.1) is 0 Å². The summed E-state index contributed by atoms with van der Waals surface area (Å²) in [7, 11) is 0. The van der Waals surface area contributed by atoms with E-state index < -0.39 is 35.6 Å². The van der Waals surface area contributed by atoms with E-state index in [2.05, 4.69) is 0 Å². The number of hydrogen-bond donors (Lipinski definition) is 3. The molecule has 0 aliphatic heterocycles. The average Bonchev–Trinajstić information content (AvgIpc) is 2.29. The number of urea groups is 1. The summed E-state index contributed by atoms with van der Waals surface area (Å²) in [6.45, 7) is 1.17. The van der Waals surface area contributed by atoms with Crippen LogP contribution in [0.5, 0.6) is 0 Å². The molecule has 0 fully saturated rings. The third-order valence-electron chi connectivity index (χ3n) is 2.25. The molecule has 110 valence electrons. The van der Waals surface area contributed by atoms with Gasteiger partial charge in [0.2, 0.25) is 0 Å². The van der Waals surface area contributed by atoms with Gasteiger partial charge in [0.05, 0.1) is 5.56 Å². The standard InChI is InChI=1S/C11H10F4N2O3/c1-5(9(18)19)16-10(20)17-6-2-3-8(12)7(4-6)11(13,14)15/h2-5H,1H3,(H,18,19)(H2,16,17,20)/t5-/m0/s1. The lowest BCUT2D eigenvalue weighted by atomic mass is 10.2. The largest absolute Gasteiger partial charge is 0.480 e. The van der Waals surface area contributed by atoms with Gasteiger partial charge < -0.3 is 15.7 Å². The number of hydrogen-bond acceptors (Lipinski definition) is 2. The predicted molar refractivity (Wildman–Crippen MR) is 60.7 cm³/mol. The van der Waals surface area contributed by atoms with E-state index in [4.69, 9.17) is 5.11 Å². The van der Waals surface area contributed by atoms with E-state index in [9.17, 15) is 27.2 Å². The van der Waals surface area contributed by atoms with Gasteiger partial charge in [-0.25, -0.2) is 9.18 Å². The SMILES string of the molecule is C[C@H](NC(=O)Nc1ccc(F)c(C(F)(F)F)c1)C(=O)O. The number of anilines is 1. The summed E-state index contributed by atoms with van der Waals surface area (Å²) < 4.78 is 50.3. The lowest BCUT2D eigenvalue weighted by Crippen LogP contribution is -2.40. The first-order valence-corrected chi connectivity index (χ1v) is 5.28. The zero-order valence-electron chi connectivity index (χ0n) is 10.1. The second kappa shape index (κ2) is 5.76. The van der Waals surface area contributed by atoms with Gasteiger partial charge in [0.15, 0.2) is 0 Å². The van der Waals surface area contributed by atoms with Gasteiger partial charge in [0.25, 0.3) is 0 Å². The monoisotopic (exact) mass is 294 g/mol. The maximum Gasteiger partial charge on any atom is 0.419 e. The average molecular weight is 294 g/mol. The van der Waals surface area contributed by atoms with Crippen LogP contribution in [0.2, 0.25) is 0 Å². The van der Waals surface area contributed by atoms with Crippen molar-refractivity contribution >= 4 is 17.7 Å². The lowest BCUT2D eigenvalue weighted by molar-refractivity contribution is -0.140. The third kappa shape index (κ3) is 4.11. The van der Waals surface area contributed by atoms with E-state index in [0.717, 1.165) is 6.07 Å². The van der Waals surface area contributed by atoms with Gasteiger partial charge in [0.1, 0.15) is 11.9 Å². The molecule has 5 nitrogen and oxygen atoms in total. The van der Waals surface area contributed by atoms with Crippen molar-refractivity contribution in [2.75, 3.05) is 5.32 Å². The van der Waals surface area contributed by atoms with Crippen molar-refractivity contribution in [2.45, 2.75) is 19.1 Å². The summed E-state index contributed by atoms with van der Waals surface area (Å²) in [6.07, 6.45) is -4.90. The zero-order valence-corrected chi connectivity index (χ0v) is 10.1. The fourth-order valence-electron chi connectivity index (χ4n) is 1.25. The second-order valence-corrected chi connectivity index (χ2v) is 3.85. The van der Waals surface area contributed by atoms with Crippen molar-refractivity contribution in [1.29, 1.82) is 0 Å². The van der Waals surface area contributed by atoms with Crippen molar-refractivity contribution < 1.29 is 32.3 Å². The number of amides is 2. The summed E-state index contributed by atoms with van der Waals surface area (Å²) in [5.41, 5.74) is -1.84. The Morgan fingerprint density at radius 1 is 1.30 bits per heavy atom. The Morgan fingerprint density at radius 3 is 2.40 bits per heavy atom. The van der Waals surface area contributed by atoms with Crippen LogP contribution in [0.15, 0.2) is 18.2 Å². The summed E-state index contributed by atoms with van der Waals surface area (Å²) in [6, 6.07) is -0.341. The molecular formula is C11H10F4N2O3. The van der Waals surface area contributed by atoms with Crippen LogP contribution in [0.4, 0.5) is 28.0 Å². The molecule has 0 radical (unpaired) electrons. The molecule has 2 amide bonds. The number of carbonyl (C=O) groups excluding carboxylic acids is 1. The Hall–Kier alpha value is -2.32. The molecule has 1 aromatic carbocycles. The highest BCUT2D eigenvalue weighted by Gasteiger charge is 2.34. The van der Waals surface area contributed by atoms with Crippen LogP contribution in [0.3, 0.4) is 0 Å². The molecular weight excluding hydrogens is 284 g/mol. The summed E-state index contributed by atoms with van der Waals surface area (Å²) >= 11 is 0. The second-order valence-electron chi connectivity index (χ2n) is 3.85. The quantitative estimate of drug-likeness (QED) is 0.749. The van der Waals surface area contributed by atoms with E-state index in [1.807, 2.05) is 10.6 Å². The van der Waals surface area contributed by atoms with E-state index in [-0.39, 0.29) is 5.69 Å².